The van der Waals surface area contributed by atoms with Gasteiger partial charge in [0.15, 0.2) is 0 Å². The molecule has 0 unspecified atom stereocenters. The summed E-state index contributed by atoms with van der Waals surface area (Å²) in [6.45, 7) is 1.96. The Balaban J connectivity index is 2.13. The molecule has 0 saturated carbocycles. The van der Waals surface area contributed by atoms with Gasteiger partial charge in [-0.3, -0.25) is 4.79 Å². The third kappa shape index (κ3) is 1.85. The quantitative estimate of drug-likeness (QED) is 0.314. The van der Waals surface area contributed by atoms with Gasteiger partial charge < -0.3 is 13.6 Å². The van der Waals surface area contributed by atoms with Crippen molar-refractivity contribution in [2.75, 3.05) is 7.11 Å². The van der Waals surface area contributed by atoms with Crippen LogP contribution >= 0.6 is 0 Å². The number of ether oxygens (including phenoxy) is 1. The predicted octanol–water partition coefficient (Wildman–Crippen LogP) is 5.16. The van der Waals surface area contributed by atoms with Crippen molar-refractivity contribution in [3.8, 4) is 5.75 Å². The second-order valence-electron chi connectivity index (χ2n) is 6.21. The van der Waals surface area contributed by atoms with Gasteiger partial charge in [0, 0.05) is 16.2 Å². The van der Waals surface area contributed by atoms with E-state index in [9.17, 15) is 4.79 Å². The van der Waals surface area contributed by atoms with Crippen LogP contribution in [0.15, 0.2) is 62.4 Å². The summed E-state index contributed by atoms with van der Waals surface area (Å²) in [5.74, 6) is 0.744. The zero-order valence-corrected chi connectivity index (χ0v) is 13.8. The van der Waals surface area contributed by atoms with E-state index in [1.54, 1.807) is 13.4 Å². The molecule has 25 heavy (non-hydrogen) atoms. The second-order valence-corrected chi connectivity index (χ2v) is 6.21. The topological polar surface area (TPSA) is 52.6 Å². The van der Waals surface area contributed by atoms with E-state index in [0.717, 1.165) is 27.5 Å². The zero-order chi connectivity index (χ0) is 17.1. The van der Waals surface area contributed by atoms with Crippen LogP contribution in [0, 0.1) is 6.92 Å². The molecule has 0 saturated heterocycles. The predicted molar refractivity (Wildman–Crippen MR) is 98.6 cm³/mol. The molecule has 4 heteroatoms. The van der Waals surface area contributed by atoms with Gasteiger partial charge in [0.1, 0.15) is 27.9 Å². The molecular weight excluding hydrogens is 316 g/mol. The van der Waals surface area contributed by atoms with Gasteiger partial charge in [-0.25, -0.2) is 0 Å². The Kier molecular flexibility index (Phi) is 2.74. The van der Waals surface area contributed by atoms with E-state index in [1.807, 2.05) is 49.4 Å². The van der Waals surface area contributed by atoms with Crippen LogP contribution in [0.5, 0.6) is 5.75 Å². The SMILES string of the molecule is COc1ccc2c(c1)c1ccoc1c1c(=O)c3cc(C)ccc3oc21. The van der Waals surface area contributed by atoms with Crippen LogP contribution in [0.3, 0.4) is 0 Å². The van der Waals surface area contributed by atoms with Crippen molar-refractivity contribution in [3.05, 3.63) is 64.5 Å². The summed E-state index contributed by atoms with van der Waals surface area (Å²) in [7, 11) is 1.63. The summed E-state index contributed by atoms with van der Waals surface area (Å²) < 4.78 is 17.2. The lowest BCUT2D eigenvalue weighted by molar-refractivity contribution is 0.415. The first kappa shape index (κ1) is 14.1. The highest BCUT2D eigenvalue weighted by atomic mass is 16.5. The molecule has 0 amide bonds. The van der Waals surface area contributed by atoms with Gasteiger partial charge in [-0.05, 0) is 43.3 Å². The Labute approximate surface area is 142 Å². The van der Waals surface area contributed by atoms with Gasteiger partial charge in [0.2, 0.25) is 5.43 Å². The van der Waals surface area contributed by atoms with Crippen molar-refractivity contribution in [3.63, 3.8) is 0 Å². The van der Waals surface area contributed by atoms with E-state index < -0.39 is 0 Å². The molecule has 122 valence electrons. The molecule has 0 radical (unpaired) electrons. The largest absolute Gasteiger partial charge is 0.497 e. The van der Waals surface area contributed by atoms with Crippen LogP contribution in [-0.4, -0.2) is 7.11 Å². The lowest BCUT2D eigenvalue weighted by Crippen LogP contribution is -2.03. The average molecular weight is 330 g/mol. The monoisotopic (exact) mass is 330 g/mol. The Morgan fingerprint density at radius 1 is 0.880 bits per heavy atom. The molecule has 0 N–H and O–H groups in total. The van der Waals surface area contributed by atoms with Gasteiger partial charge in [-0.15, -0.1) is 0 Å². The van der Waals surface area contributed by atoms with Crippen LogP contribution in [0.4, 0.5) is 0 Å². The molecule has 2 heterocycles. The molecular formula is C21H14O4. The molecule has 0 spiro atoms. The molecule has 0 atom stereocenters. The summed E-state index contributed by atoms with van der Waals surface area (Å²) >= 11 is 0. The number of aryl methyl sites for hydroxylation is 1. The average Bonchev–Trinajstić information content (AvgIpc) is 3.11. The Morgan fingerprint density at radius 2 is 1.72 bits per heavy atom. The molecule has 5 aromatic rings. The highest BCUT2D eigenvalue weighted by Crippen LogP contribution is 2.37. The number of rotatable bonds is 1. The molecule has 0 aliphatic carbocycles. The highest BCUT2D eigenvalue weighted by Gasteiger charge is 2.18. The minimum Gasteiger partial charge on any atom is -0.497 e. The number of benzene rings is 3. The lowest BCUT2D eigenvalue weighted by atomic mass is 10.0. The second kappa shape index (κ2) is 4.86. The van der Waals surface area contributed by atoms with Gasteiger partial charge >= 0.3 is 0 Å². The van der Waals surface area contributed by atoms with Crippen molar-refractivity contribution >= 4 is 43.7 Å². The Hall–Kier alpha value is -3.27. The van der Waals surface area contributed by atoms with E-state index >= 15 is 0 Å². The van der Waals surface area contributed by atoms with Gasteiger partial charge in [0.25, 0.3) is 0 Å². The third-order valence-corrected chi connectivity index (χ3v) is 4.70. The molecule has 0 bridgehead atoms. The van der Waals surface area contributed by atoms with Crippen LogP contribution < -0.4 is 10.2 Å². The summed E-state index contributed by atoms with van der Waals surface area (Å²) in [5, 5.41) is 3.73. The first-order valence-corrected chi connectivity index (χ1v) is 8.01. The minimum atomic E-state index is -0.0716. The number of hydrogen-bond acceptors (Lipinski definition) is 4. The standard InChI is InChI=1S/C21H14O4/c1-11-3-6-17-16(9-11)19(22)18-20-14(7-8-24-20)15-10-12(23-2)4-5-13(15)21(18)25-17/h3-10H,1-2H3. The molecule has 0 aliphatic rings. The molecule has 3 aromatic carbocycles. The molecule has 0 fully saturated rings. The van der Waals surface area contributed by atoms with Crippen molar-refractivity contribution in [1.82, 2.24) is 0 Å². The fraction of sp³-hybridized carbons (Fsp3) is 0.0952. The maximum absolute atomic E-state index is 13.2. The normalized spacial score (nSPS) is 11.8. The maximum atomic E-state index is 13.2. The summed E-state index contributed by atoms with van der Waals surface area (Å²) in [4.78, 5) is 13.2. The van der Waals surface area contributed by atoms with Crippen LogP contribution in [0.25, 0.3) is 43.7 Å². The van der Waals surface area contributed by atoms with Gasteiger partial charge in [0.05, 0.1) is 18.8 Å². The molecule has 0 aliphatic heterocycles. The Bertz CT molecular complexity index is 1360. The third-order valence-electron chi connectivity index (χ3n) is 4.70. The molecule has 4 nitrogen and oxygen atoms in total. The smallest absolute Gasteiger partial charge is 0.204 e. The van der Waals surface area contributed by atoms with E-state index in [2.05, 4.69) is 0 Å². The van der Waals surface area contributed by atoms with Crippen molar-refractivity contribution in [1.29, 1.82) is 0 Å². The fourth-order valence-electron chi connectivity index (χ4n) is 3.49. The van der Waals surface area contributed by atoms with Crippen molar-refractivity contribution < 1.29 is 13.6 Å². The van der Waals surface area contributed by atoms with E-state index in [0.29, 0.717) is 27.5 Å². The number of methoxy groups -OCH3 is 1. The fourth-order valence-corrected chi connectivity index (χ4v) is 3.49. The number of fused-ring (bicyclic) bond motifs is 7. The first-order valence-electron chi connectivity index (χ1n) is 8.01. The van der Waals surface area contributed by atoms with E-state index in [4.69, 9.17) is 13.6 Å². The van der Waals surface area contributed by atoms with Crippen LogP contribution in [-0.2, 0) is 0 Å². The molecule has 5 rings (SSSR count). The van der Waals surface area contributed by atoms with Crippen molar-refractivity contribution in [2.24, 2.45) is 0 Å². The zero-order valence-electron chi connectivity index (χ0n) is 13.8. The molecule has 2 aromatic heterocycles. The van der Waals surface area contributed by atoms with Crippen molar-refractivity contribution in [2.45, 2.75) is 6.92 Å². The Morgan fingerprint density at radius 3 is 2.56 bits per heavy atom. The first-order chi connectivity index (χ1) is 12.2. The summed E-state index contributed by atoms with van der Waals surface area (Å²) in [6.07, 6.45) is 1.60. The van der Waals surface area contributed by atoms with E-state index in [-0.39, 0.29) is 5.43 Å². The number of hydrogen-bond donors (Lipinski definition) is 0. The lowest BCUT2D eigenvalue weighted by Gasteiger charge is -2.08. The summed E-state index contributed by atoms with van der Waals surface area (Å²) in [6, 6.07) is 13.2. The van der Waals surface area contributed by atoms with Crippen LogP contribution in [0.1, 0.15) is 5.56 Å². The van der Waals surface area contributed by atoms with Gasteiger partial charge in [-0.2, -0.15) is 0 Å². The minimum absolute atomic E-state index is 0.0716. The van der Waals surface area contributed by atoms with Gasteiger partial charge in [-0.1, -0.05) is 11.6 Å². The maximum Gasteiger partial charge on any atom is 0.204 e. The van der Waals surface area contributed by atoms with E-state index in [1.165, 1.54) is 0 Å². The van der Waals surface area contributed by atoms with Crippen LogP contribution in [0.2, 0.25) is 0 Å². The summed E-state index contributed by atoms with van der Waals surface area (Å²) in [5.41, 5.74) is 2.61. The number of furan rings is 1. The highest BCUT2D eigenvalue weighted by molar-refractivity contribution is 6.23.